The van der Waals surface area contributed by atoms with Crippen LogP contribution in [-0.2, 0) is 0 Å². The predicted molar refractivity (Wildman–Crippen MR) is 171 cm³/mol. The molecular weight excluding hydrogens is 502 g/mol. The molecule has 2 nitrogen and oxygen atoms in total. The van der Waals surface area contributed by atoms with Crippen LogP contribution in [0.25, 0.3) is 49.7 Å². The highest BCUT2D eigenvalue weighted by Gasteiger charge is 2.40. The lowest BCUT2D eigenvalue weighted by atomic mass is 9.34. The summed E-state index contributed by atoms with van der Waals surface area (Å²) in [5, 5.41) is 6.44. The highest BCUT2D eigenvalue weighted by molar-refractivity contribution is 7.00. The number of anilines is 2. The maximum Gasteiger partial charge on any atom is 0.252 e. The molecule has 7 aromatic rings. The number of aryl methyl sites for hydroxylation is 1. The summed E-state index contributed by atoms with van der Waals surface area (Å²) in [6.45, 7) is 2.26. The van der Waals surface area contributed by atoms with Crippen LogP contribution in [0.1, 0.15) is 5.56 Å². The second kappa shape index (κ2) is 8.22. The molecule has 0 atom stereocenters. The zero-order valence-electron chi connectivity index (χ0n) is 22.4. The average Bonchev–Trinajstić information content (AvgIpc) is 3.35. The molecule has 6 aromatic carbocycles. The van der Waals surface area contributed by atoms with Gasteiger partial charge >= 0.3 is 0 Å². The van der Waals surface area contributed by atoms with Crippen molar-refractivity contribution in [2.24, 2.45) is 0 Å². The van der Waals surface area contributed by atoms with Crippen LogP contribution in [0.5, 0.6) is 0 Å². The van der Waals surface area contributed by atoms with Crippen LogP contribution in [0, 0.1) is 12.7 Å². The van der Waals surface area contributed by atoms with Crippen molar-refractivity contribution < 1.29 is 4.39 Å². The van der Waals surface area contributed by atoms with E-state index in [1.54, 1.807) is 12.1 Å². The van der Waals surface area contributed by atoms with Crippen LogP contribution in [0.15, 0.2) is 121 Å². The molecule has 0 unspecified atom stereocenters. The number of hydrogen-bond donors (Lipinski definition) is 1. The number of fused-ring (bicyclic) bond motifs is 7. The molecule has 0 saturated carbocycles. The van der Waals surface area contributed by atoms with E-state index in [0.717, 1.165) is 22.5 Å². The summed E-state index contributed by atoms with van der Waals surface area (Å²) in [5.41, 5.74) is 15.5. The Morgan fingerprint density at radius 3 is 2.27 bits per heavy atom. The zero-order chi connectivity index (χ0) is 27.2. The summed E-state index contributed by atoms with van der Waals surface area (Å²) in [7, 11) is 0. The Bertz CT molecular complexity index is 2210. The number of benzene rings is 6. The van der Waals surface area contributed by atoms with Crippen LogP contribution in [0.3, 0.4) is 0 Å². The van der Waals surface area contributed by atoms with Gasteiger partial charge in [-0.2, -0.15) is 0 Å². The van der Waals surface area contributed by atoms with Gasteiger partial charge in [-0.1, -0.05) is 91.0 Å². The molecule has 3 heterocycles. The van der Waals surface area contributed by atoms with Gasteiger partial charge in [0.15, 0.2) is 0 Å². The number of aromatic nitrogens is 1. The summed E-state index contributed by atoms with van der Waals surface area (Å²) in [4.78, 5) is 0. The molecule has 2 aliphatic rings. The molecule has 0 amide bonds. The first-order valence-corrected chi connectivity index (χ1v) is 14.1. The van der Waals surface area contributed by atoms with Gasteiger partial charge in [-0.3, -0.25) is 0 Å². The number of rotatable bonds is 2. The third-order valence-electron chi connectivity index (χ3n) is 9.00. The SMILES string of the molecule is Cc1ccccc1-c1cccc2c1Nc1cc(-c3ccc(F)cc3)cc3c1B2c1cccc2c4ccccc4n-3c12. The van der Waals surface area contributed by atoms with Gasteiger partial charge < -0.3 is 9.88 Å². The fourth-order valence-corrected chi connectivity index (χ4v) is 7.23. The summed E-state index contributed by atoms with van der Waals surface area (Å²) in [6.07, 6.45) is 0. The molecule has 0 spiro atoms. The van der Waals surface area contributed by atoms with Crippen molar-refractivity contribution >= 4 is 56.3 Å². The molecule has 4 heteroatoms. The second-order valence-electron chi connectivity index (χ2n) is 11.2. The van der Waals surface area contributed by atoms with Crippen molar-refractivity contribution in [2.75, 3.05) is 5.32 Å². The maximum absolute atomic E-state index is 13.9. The van der Waals surface area contributed by atoms with Crippen LogP contribution >= 0.6 is 0 Å². The monoisotopic (exact) mass is 526 g/mol. The number of nitrogens with zero attached hydrogens (tertiary/aromatic N) is 1. The van der Waals surface area contributed by atoms with E-state index in [4.69, 9.17) is 0 Å². The number of hydrogen-bond acceptors (Lipinski definition) is 1. The molecule has 0 aliphatic carbocycles. The van der Waals surface area contributed by atoms with Crippen LogP contribution in [-0.4, -0.2) is 11.3 Å². The topological polar surface area (TPSA) is 17.0 Å². The van der Waals surface area contributed by atoms with Crippen LogP contribution in [0.4, 0.5) is 15.8 Å². The molecule has 1 N–H and O–H groups in total. The second-order valence-corrected chi connectivity index (χ2v) is 11.2. The summed E-state index contributed by atoms with van der Waals surface area (Å²) in [5.74, 6) is -0.227. The molecule has 0 bridgehead atoms. The molecule has 1 aromatic heterocycles. The van der Waals surface area contributed by atoms with Crippen LogP contribution in [0.2, 0.25) is 0 Å². The lowest BCUT2D eigenvalue weighted by Crippen LogP contribution is -2.59. The summed E-state index contributed by atoms with van der Waals surface area (Å²) >= 11 is 0. The van der Waals surface area contributed by atoms with E-state index in [1.807, 2.05) is 12.1 Å². The average molecular weight is 526 g/mol. The Balaban J connectivity index is 1.42. The lowest BCUT2D eigenvalue weighted by molar-refractivity contribution is 0.628. The van der Waals surface area contributed by atoms with Crippen molar-refractivity contribution in [2.45, 2.75) is 6.92 Å². The Morgan fingerprint density at radius 1 is 0.659 bits per heavy atom. The molecule has 41 heavy (non-hydrogen) atoms. The predicted octanol–water partition coefficient (Wildman–Crippen LogP) is 7.45. The summed E-state index contributed by atoms with van der Waals surface area (Å²) in [6, 6.07) is 42.1. The molecule has 0 radical (unpaired) electrons. The zero-order valence-corrected chi connectivity index (χ0v) is 22.4. The quantitative estimate of drug-likeness (QED) is 0.232. The number of nitrogens with one attached hydrogen (secondary N) is 1. The van der Waals surface area contributed by atoms with E-state index in [0.29, 0.717) is 0 Å². The first-order valence-electron chi connectivity index (χ1n) is 14.1. The van der Waals surface area contributed by atoms with E-state index < -0.39 is 0 Å². The van der Waals surface area contributed by atoms with Gasteiger partial charge in [0.2, 0.25) is 0 Å². The smallest absolute Gasteiger partial charge is 0.252 e. The third-order valence-corrected chi connectivity index (χ3v) is 9.00. The van der Waals surface area contributed by atoms with Gasteiger partial charge in [0.1, 0.15) is 5.82 Å². The van der Waals surface area contributed by atoms with Gasteiger partial charge in [0.05, 0.1) is 5.52 Å². The van der Waals surface area contributed by atoms with E-state index in [9.17, 15) is 4.39 Å². The molecule has 2 aliphatic heterocycles. The van der Waals surface area contributed by atoms with Crippen molar-refractivity contribution in [3.63, 3.8) is 0 Å². The van der Waals surface area contributed by atoms with Gasteiger partial charge in [0, 0.05) is 38.9 Å². The Morgan fingerprint density at radius 2 is 1.39 bits per heavy atom. The van der Waals surface area contributed by atoms with E-state index in [-0.39, 0.29) is 12.5 Å². The first kappa shape index (κ1) is 22.7. The fraction of sp³-hybridized carbons (Fsp3) is 0.0270. The van der Waals surface area contributed by atoms with Crippen molar-refractivity contribution in [3.05, 3.63) is 133 Å². The van der Waals surface area contributed by atoms with E-state index in [1.165, 1.54) is 60.6 Å². The normalized spacial score (nSPS) is 12.8. The highest BCUT2D eigenvalue weighted by atomic mass is 19.1. The first-order chi connectivity index (χ1) is 20.2. The fourth-order valence-electron chi connectivity index (χ4n) is 7.23. The van der Waals surface area contributed by atoms with Crippen molar-refractivity contribution in [1.82, 2.24) is 4.57 Å². The summed E-state index contributed by atoms with van der Waals surface area (Å²) < 4.78 is 16.4. The molecule has 0 fully saturated rings. The lowest BCUT2D eigenvalue weighted by Gasteiger charge is -2.35. The van der Waals surface area contributed by atoms with Gasteiger partial charge in [-0.05, 0) is 75.9 Å². The largest absolute Gasteiger partial charge is 0.356 e. The minimum Gasteiger partial charge on any atom is -0.356 e. The highest BCUT2D eigenvalue weighted by Crippen LogP contribution is 2.40. The third kappa shape index (κ3) is 3.07. The van der Waals surface area contributed by atoms with E-state index >= 15 is 0 Å². The minimum atomic E-state index is -0.227. The molecule has 9 rings (SSSR count). The number of para-hydroxylation sites is 3. The van der Waals surface area contributed by atoms with Crippen LogP contribution < -0.4 is 21.7 Å². The molecule has 0 saturated heterocycles. The maximum atomic E-state index is 13.9. The standard InChI is InChI=1S/C37H24BFN2/c1-22-8-2-3-9-26(22)28-11-6-13-30-36(28)40-32-20-24(23-16-18-25(39)19-17-23)21-34-35(32)38(30)31-14-7-12-29-27-10-4-5-15-33(27)41(34)37(29)31/h2-21,40H,1H3. The molecule has 192 valence electrons. The van der Waals surface area contributed by atoms with Crippen molar-refractivity contribution in [1.29, 1.82) is 0 Å². The van der Waals surface area contributed by atoms with Crippen molar-refractivity contribution in [3.8, 4) is 27.9 Å². The Kier molecular flexibility index (Phi) is 4.55. The molecular formula is C37H24BFN2. The van der Waals surface area contributed by atoms with Gasteiger partial charge in [0.25, 0.3) is 6.71 Å². The van der Waals surface area contributed by atoms with Gasteiger partial charge in [-0.25, -0.2) is 4.39 Å². The Labute approximate surface area is 237 Å². The number of halogens is 1. The van der Waals surface area contributed by atoms with Gasteiger partial charge in [-0.15, -0.1) is 0 Å². The Hall–Kier alpha value is -5.09. The minimum absolute atomic E-state index is 0.0861. The van der Waals surface area contributed by atoms with E-state index in [2.05, 4.69) is 114 Å².